The first-order chi connectivity index (χ1) is 9.82. The van der Waals surface area contributed by atoms with E-state index in [0.717, 1.165) is 11.8 Å². The van der Waals surface area contributed by atoms with Crippen LogP contribution in [0.1, 0.15) is 36.6 Å². The Bertz CT molecular complexity index is 615. The summed E-state index contributed by atoms with van der Waals surface area (Å²) in [7, 11) is 0. The van der Waals surface area contributed by atoms with Gasteiger partial charge in [-0.25, -0.2) is 4.68 Å². The Balaban J connectivity index is 2.45. The molecule has 0 aliphatic heterocycles. The van der Waals surface area contributed by atoms with Gasteiger partial charge in [0.05, 0.1) is 16.9 Å². The van der Waals surface area contributed by atoms with Gasteiger partial charge >= 0.3 is 6.18 Å². The van der Waals surface area contributed by atoms with Crippen LogP contribution in [0.2, 0.25) is 0 Å². The van der Waals surface area contributed by atoms with Crippen LogP contribution < -0.4 is 5.73 Å². The molecule has 1 heterocycles. The van der Waals surface area contributed by atoms with Crippen molar-refractivity contribution in [3.8, 4) is 5.69 Å². The maximum Gasteiger partial charge on any atom is 0.416 e. The normalized spacial score (nSPS) is 12.1. The van der Waals surface area contributed by atoms with Crippen LogP contribution in [0.15, 0.2) is 30.5 Å². The number of aromatic nitrogens is 2. The smallest absolute Gasteiger partial charge is 0.330 e. The maximum atomic E-state index is 13.1. The van der Waals surface area contributed by atoms with Crippen molar-refractivity contribution in [2.24, 2.45) is 5.73 Å². The molecule has 3 nitrogen and oxygen atoms in total. The highest BCUT2D eigenvalue weighted by molar-refractivity contribution is 5.42. The Morgan fingerprint density at radius 1 is 1.24 bits per heavy atom. The standard InChI is InChI=1S/C15H18F3N3/c1-10(2)14-6-8-21(20-14)12-4-3-11(5-7-19)13(9-12)15(16,17)18/h3-4,6,8-10H,5,7,19H2,1-2H3. The second-order valence-electron chi connectivity index (χ2n) is 5.22. The van der Waals surface area contributed by atoms with Crippen LogP contribution in [-0.2, 0) is 12.6 Å². The van der Waals surface area contributed by atoms with Gasteiger partial charge in [0.15, 0.2) is 0 Å². The summed E-state index contributed by atoms with van der Waals surface area (Å²) >= 11 is 0. The van der Waals surface area contributed by atoms with Gasteiger partial charge in [0, 0.05) is 6.20 Å². The summed E-state index contributed by atoms with van der Waals surface area (Å²) in [5.74, 6) is 0.227. The van der Waals surface area contributed by atoms with E-state index >= 15 is 0 Å². The molecule has 0 saturated carbocycles. The summed E-state index contributed by atoms with van der Waals surface area (Å²) in [6.07, 6.45) is -2.52. The zero-order valence-corrected chi connectivity index (χ0v) is 12.0. The summed E-state index contributed by atoms with van der Waals surface area (Å²) in [5, 5.41) is 4.30. The van der Waals surface area contributed by atoms with E-state index in [-0.39, 0.29) is 24.4 Å². The number of benzene rings is 1. The molecule has 0 spiro atoms. The first kappa shape index (κ1) is 15.6. The van der Waals surface area contributed by atoms with Crippen molar-refractivity contribution in [3.63, 3.8) is 0 Å². The Labute approximate surface area is 121 Å². The molecule has 0 atom stereocenters. The molecule has 114 valence electrons. The second-order valence-corrected chi connectivity index (χ2v) is 5.22. The topological polar surface area (TPSA) is 43.8 Å². The van der Waals surface area contributed by atoms with Crippen molar-refractivity contribution in [1.82, 2.24) is 9.78 Å². The third-order valence-electron chi connectivity index (χ3n) is 3.28. The lowest BCUT2D eigenvalue weighted by molar-refractivity contribution is -0.138. The number of hydrogen-bond donors (Lipinski definition) is 1. The number of hydrogen-bond acceptors (Lipinski definition) is 2. The van der Waals surface area contributed by atoms with Gasteiger partial charge in [-0.05, 0) is 42.6 Å². The van der Waals surface area contributed by atoms with Crippen LogP contribution in [0, 0.1) is 0 Å². The highest BCUT2D eigenvalue weighted by Gasteiger charge is 2.33. The van der Waals surface area contributed by atoms with Gasteiger partial charge in [-0.2, -0.15) is 18.3 Å². The summed E-state index contributed by atoms with van der Waals surface area (Å²) in [5.41, 5.74) is 6.18. The van der Waals surface area contributed by atoms with Crippen LogP contribution in [0.5, 0.6) is 0 Å². The third kappa shape index (κ3) is 3.44. The van der Waals surface area contributed by atoms with Gasteiger partial charge in [-0.15, -0.1) is 0 Å². The van der Waals surface area contributed by atoms with E-state index in [2.05, 4.69) is 5.10 Å². The molecule has 2 N–H and O–H groups in total. The van der Waals surface area contributed by atoms with Crippen molar-refractivity contribution < 1.29 is 13.2 Å². The van der Waals surface area contributed by atoms with Gasteiger partial charge < -0.3 is 5.73 Å². The zero-order valence-electron chi connectivity index (χ0n) is 12.0. The molecular formula is C15H18F3N3. The Morgan fingerprint density at radius 3 is 2.48 bits per heavy atom. The van der Waals surface area contributed by atoms with Crippen molar-refractivity contribution in [2.45, 2.75) is 32.4 Å². The average molecular weight is 297 g/mol. The molecule has 2 rings (SSSR count). The van der Waals surface area contributed by atoms with Gasteiger partial charge in [0.25, 0.3) is 0 Å². The molecule has 1 aromatic carbocycles. The number of nitrogens with zero attached hydrogens (tertiary/aromatic N) is 2. The SMILES string of the molecule is CC(C)c1ccn(-c2ccc(CCN)c(C(F)(F)F)c2)n1. The molecular weight excluding hydrogens is 279 g/mol. The Kier molecular flexibility index (Phi) is 4.37. The lowest BCUT2D eigenvalue weighted by Crippen LogP contribution is -2.13. The number of alkyl halides is 3. The van der Waals surface area contributed by atoms with Crippen LogP contribution in [0.4, 0.5) is 13.2 Å². The number of rotatable bonds is 4. The molecule has 2 aromatic rings. The Morgan fingerprint density at radius 2 is 1.95 bits per heavy atom. The van der Waals surface area contributed by atoms with Gasteiger partial charge in [0.2, 0.25) is 0 Å². The van der Waals surface area contributed by atoms with Crippen LogP contribution in [-0.4, -0.2) is 16.3 Å². The molecule has 0 saturated heterocycles. The van der Waals surface area contributed by atoms with E-state index in [9.17, 15) is 13.2 Å². The predicted octanol–water partition coefficient (Wildman–Crippen LogP) is 3.52. The summed E-state index contributed by atoms with van der Waals surface area (Å²) < 4.78 is 40.9. The molecule has 21 heavy (non-hydrogen) atoms. The second kappa shape index (κ2) is 5.89. The first-order valence-corrected chi connectivity index (χ1v) is 6.79. The molecule has 0 aliphatic rings. The molecule has 6 heteroatoms. The van der Waals surface area contributed by atoms with E-state index in [1.165, 1.54) is 10.7 Å². The fourth-order valence-electron chi connectivity index (χ4n) is 2.13. The fourth-order valence-corrected chi connectivity index (χ4v) is 2.13. The van der Waals surface area contributed by atoms with Crippen molar-refractivity contribution in [1.29, 1.82) is 0 Å². The summed E-state index contributed by atoms with van der Waals surface area (Å²) in [4.78, 5) is 0. The monoisotopic (exact) mass is 297 g/mol. The highest BCUT2D eigenvalue weighted by Crippen LogP contribution is 2.33. The lowest BCUT2D eigenvalue weighted by atomic mass is 10.0. The minimum atomic E-state index is -4.39. The molecule has 0 radical (unpaired) electrons. The predicted molar refractivity (Wildman–Crippen MR) is 75.4 cm³/mol. The molecule has 1 aromatic heterocycles. The van der Waals surface area contributed by atoms with Crippen LogP contribution in [0.25, 0.3) is 5.69 Å². The summed E-state index contributed by atoms with van der Waals surface area (Å²) in [6, 6.07) is 6.05. The minimum absolute atomic E-state index is 0.182. The maximum absolute atomic E-state index is 13.1. The van der Waals surface area contributed by atoms with Gasteiger partial charge in [-0.1, -0.05) is 19.9 Å². The Hall–Kier alpha value is -1.82. The number of halogens is 3. The molecule has 0 aliphatic carbocycles. The quantitative estimate of drug-likeness (QED) is 0.938. The van der Waals surface area contributed by atoms with E-state index in [1.807, 2.05) is 19.9 Å². The average Bonchev–Trinajstić information content (AvgIpc) is 2.88. The van der Waals surface area contributed by atoms with Crippen LogP contribution in [0.3, 0.4) is 0 Å². The molecule has 0 fully saturated rings. The molecule has 0 bridgehead atoms. The zero-order chi connectivity index (χ0) is 15.6. The van der Waals surface area contributed by atoms with E-state index in [4.69, 9.17) is 5.73 Å². The fraction of sp³-hybridized carbons (Fsp3) is 0.400. The van der Waals surface area contributed by atoms with Gasteiger partial charge in [0.1, 0.15) is 0 Å². The molecule has 0 unspecified atom stereocenters. The third-order valence-corrected chi connectivity index (χ3v) is 3.28. The van der Waals surface area contributed by atoms with Gasteiger partial charge in [-0.3, -0.25) is 0 Å². The summed E-state index contributed by atoms with van der Waals surface area (Å²) in [6.45, 7) is 4.15. The largest absolute Gasteiger partial charge is 0.416 e. The van der Waals surface area contributed by atoms with E-state index in [0.29, 0.717) is 5.69 Å². The number of nitrogens with two attached hydrogens (primary N) is 1. The molecule has 0 amide bonds. The van der Waals surface area contributed by atoms with Crippen molar-refractivity contribution in [3.05, 3.63) is 47.3 Å². The first-order valence-electron chi connectivity index (χ1n) is 6.79. The lowest BCUT2D eigenvalue weighted by Gasteiger charge is -2.14. The van der Waals surface area contributed by atoms with E-state index in [1.54, 1.807) is 12.3 Å². The van der Waals surface area contributed by atoms with E-state index < -0.39 is 11.7 Å². The minimum Gasteiger partial charge on any atom is -0.330 e. The van der Waals surface area contributed by atoms with Crippen LogP contribution >= 0.6 is 0 Å². The highest BCUT2D eigenvalue weighted by atomic mass is 19.4. The van der Waals surface area contributed by atoms with Crippen molar-refractivity contribution >= 4 is 0 Å². The van der Waals surface area contributed by atoms with Crippen molar-refractivity contribution in [2.75, 3.05) is 6.54 Å².